The Morgan fingerprint density at radius 2 is 2.05 bits per heavy atom. The van der Waals surface area contributed by atoms with Crippen molar-refractivity contribution in [1.29, 1.82) is 0 Å². The summed E-state index contributed by atoms with van der Waals surface area (Å²) in [5.41, 5.74) is 1.83. The summed E-state index contributed by atoms with van der Waals surface area (Å²) < 4.78 is 9.70. The molecule has 0 aromatic carbocycles. The van der Waals surface area contributed by atoms with E-state index < -0.39 is 0 Å². The zero-order valence-electron chi connectivity index (χ0n) is 12.4. The van der Waals surface area contributed by atoms with Gasteiger partial charge in [-0.1, -0.05) is 19.0 Å². The van der Waals surface area contributed by atoms with Crippen molar-refractivity contribution < 1.29 is 4.52 Å². The summed E-state index contributed by atoms with van der Waals surface area (Å²) in [6.07, 6.45) is 0.802. The average Bonchev–Trinajstić information content (AvgIpc) is 3.06. The van der Waals surface area contributed by atoms with E-state index in [9.17, 15) is 0 Å². The Hall–Kier alpha value is -1.47. The molecule has 0 aliphatic heterocycles. The van der Waals surface area contributed by atoms with Gasteiger partial charge in [-0.15, -0.1) is 0 Å². The molecule has 0 unspecified atom stereocenters. The third-order valence-corrected chi connectivity index (χ3v) is 4.27. The second kappa shape index (κ2) is 6.81. The van der Waals surface area contributed by atoms with E-state index in [0.717, 1.165) is 48.1 Å². The zero-order chi connectivity index (χ0) is 14.5. The molecule has 0 bridgehead atoms. The molecule has 110 valence electrons. The molecule has 2 aromatic rings. The van der Waals surface area contributed by atoms with E-state index in [2.05, 4.69) is 38.6 Å². The lowest BCUT2D eigenvalue weighted by molar-refractivity contribution is 0.303. The van der Waals surface area contributed by atoms with E-state index >= 15 is 0 Å². The Bertz CT molecular complexity index is 547. The lowest BCUT2D eigenvalue weighted by atomic mass is 10.2. The van der Waals surface area contributed by atoms with E-state index in [-0.39, 0.29) is 0 Å². The molecule has 7 heteroatoms. The molecule has 0 amide bonds. The standard InChI is InChI=1S/C13H21N5OS/c1-5-18(6-2)8-7-10-15-12(19-16-10)11-9(3)17-20-13(11)14-4/h14H,5-8H2,1-4H3. The van der Waals surface area contributed by atoms with Gasteiger partial charge in [0.15, 0.2) is 5.82 Å². The number of hydrogen-bond donors (Lipinski definition) is 1. The second-order valence-corrected chi connectivity index (χ2v) is 5.29. The maximum atomic E-state index is 5.38. The van der Waals surface area contributed by atoms with Gasteiger partial charge in [-0.05, 0) is 31.5 Å². The van der Waals surface area contributed by atoms with Gasteiger partial charge in [0.2, 0.25) is 0 Å². The first-order valence-electron chi connectivity index (χ1n) is 6.88. The highest BCUT2D eigenvalue weighted by Gasteiger charge is 2.18. The highest BCUT2D eigenvalue weighted by molar-refractivity contribution is 7.10. The van der Waals surface area contributed by atoms with Gasteiger partial charge in [0.1, 0.15) is 5.00 Å². The van der Waals surface area contributed by atoms with Crippen molar-refractivity contribution in [3.8, 4) is 11.5 Å². The minimum atomic E-state index is 0.551. The average molecular weight is 295 g/mol. The number of hydrogen-bond acceptors (Lipinski definition) is 7. The Morgan fingerprint density at radius 1 is 1.30 bits per heavy atom. The maximum absolute atomic E-state index is 5.38. The predicted molar refractivity (Wildman–Crippen MR) is 81.2 cm³/mol. The lowest BCUT2D eigenvalue weighted by Crippen LogP contribution is -2.25. The van der Waals surface area contributed by atoms with Gasteiger partial charge in [-0.3, -0.25) is 0 Å². The number of nitrogens with one attached hydrogen (secondary N) is 1. The van der Waals surface area contributed by atoms with Crippen LogP contribution in [0.25, 0.3) is 11.5 Å². The van der Waals surface area contributed by atoms with E-state index in [1.807, 2.05) is 14.0 Å². The smallest absolute Gasteiger partial charge is 0.262 e. The van der Waals surface area contributed by atoms with Gasteiger partial charge in [-0.2, -0.15) is 9.36 Å². The molecule has 2 aromatic heterocycles. The Kier molecular flexibility index (Phi) is 5.08. The molecule has 0 atom stereocenters. The number of aromatic nitrogens is 3. The van der Waals surface area contributed by atoms with Crippen molar-refractivity contribution in [1.82, 2.24) is 19.4 Å². The molecule has 2 heterocycles. The van der Waals surface area contributed by atoms with Crippen molar-refractivity contribution in [2.45, 2.75) is 27.2 Å². The first-order chi connectivity index (χ1) is 9.69. The second-order valence-electron chi connectivity index (χ2n) is 4.51. The van der Waals surface area contributed by atoms with Gasteiger partial charge >= 0.3 is 0 Å². The lowest BCUT2D eigenvalue weighted by Gasteiger charge is -2.16. The number of likely N-dealkylation sites (N-methyl/N-ethyl adjacent to an activating group) is 1. The summed E-state index contributed by atoms with van der Waals surface area (Å²) in [7, 11) is 1.87. The van der Waals surface area contributed by atoms with Crippen LogP contribution in [0.3, 0.4) is 0 Å². The van der Waals surface area contributed by atoms with Crippen molar-refractivity contribution in [2.24, 2.45) is 0 Å². The zero-order valence-corrected chi connectivity index (χ0v) is 13.3. The Labute approximate surface area is 123 Å². The highest BCUT2D eigenvalue weighted by Crippen LogP contribution is 2.33. The minimum Gasteiger partial charge on any atom is -0.378 e. The van der Waals surface area contributed by atoms with Crippen molar-refractivity contribution in [2.75, 3.05) is 32.0 Å². The van der Waals surface area contributed by atoms with E-state index in [1.165, 1.54) is 11.5 Å². The molecule has 6 nitrogen and oxygen atoms in total. The Morgan fingerprint density at radius 3 is 2.70 bits per heavy atom. The van der Waals surface area contributed by atoms with Crippen LogP contribution in [-0.4, -0.2) is 46.1 Å². The summed E-state index contributed by atoms with van der Waals surface area (Å²) in [5.74, 6) is 1.30. The van der Waals surface area contributed by atoms with Gasteiger partial charge in [0.25, 0.3) is 5.89 Å². The highest BCUT2D eigenvalue weighted by atomic mass is 32.1. The van der Waals surface area contributed by atoms with Crippen molar-refractivity contribution >= 4 is 16.5 Å². The fraction of sp³-hybridized carbons (Fsp3) is 0.615. The van der Waals surface area contributed by atoms with Crippen LogP contribution in [0.5, 0.6) is 0 Å². The molecule has 0 aliphatic carbocycles. The Balaban J connectivity index is 2.10. The van der Waals surface area contributed by atoms with Crippen LogP contribution in [0.4, 0.5) is 5.00 Å². The SMILES string of the molecule is CCN(CC)CCc1noc(-c2c(C)nsc2NC)n1. The third-order valence-electron chi connectivity index (χ3n) is 3.32. The monoisotopic (exact) mass is 295 g/mol. The van der Waals surface area contributed by atoms with Crippen LogP contribution < -0.4 is 5.32 Å². The molecule has 0 saturated carbocycles. The van der Waals surface area contributed by atoms with Crippen molar-refractivity contribution in [3.63, 3.8) is 0 Å². The molecule has 0 fully saturated rings. The number of nitrogens with zero attached hydrogens (tertiary/aromatic N) is 4. The number of rotatable bonds is 7. The number of anilines is 1. The van der Waals surface area contributed by atoms with Crippen molar-refractivity contribution in [3.05, 3.63) is 11.5 Å². The fourth-order valence-electron chi connectivity index (χ4n) is 2.05. The number of aryl methyl sites for hydroxylation is 1. The molecule has 0 saturated heterocycles. The largest absolute Gasteiger partial charge is 0.378 e. The maximum Gasteiger partial charge on any atom is 0.262 e. The topological polar surface area (TPSA) is 67.1 Å². The molecule has 0 spiro atoms. The first-order valence-corrected chi connectivity index (χ1v) is 7.66. The molecule has 0 radical (unpaired) electrons. The van der Waals surface area contributed by atoms with Gasteiger partial charge in [-0.25, -0.2) is 0 Å². The van der Waals surface area contributed by atoms with E-state index in [1.54, 1.807) is 0 Å². The van der Waals surface area contributed by atoms with Crippen LogP contribution in [0, 0.1) is 6.92 Å². The predicted octanol–water partition coefficient (Wildman–Crippen LogP) is 2.43. The van der Waals surface area contributed by atoms with E-state index in [0.29, 0.717) is 5.89 Å². The molecular weight excluding hydrogens is 274 g/mol. The fourth-order valence-corrected chi connectivity index (χ4v) is 2.78. The van der Waals surface area contributed by atoms with Crippen LogP contribution in [0.2, 0.25) is 0 Å². The summed E-state index contributed by atoms with van der Waals surface area (Å²) in [6, 6.07) is 0. The van der Waals surface area contributed by atoms with Gasteiger partial charge < -0.3 is 14.7 Å². The quantitative estimate of drug-likeness (QED) is 0.846. The van der Waals surface area contributed by atoms with E-state index in [4.69, 9.17) is 4.52 Å². The summed E-state index contributed by atoms with van der Waals surface area (Å²) in [4.78, 5) is 6.82. The molecule has 1 N–H and O–H groups in total. The first kappa shape index (κ1) is 14.9. The normalized spacial score (nSPS) is 11.2. The molecule has 0 aliphatic rings. The van der Waals surface area contributed by atoms with Gasteiger partial charge in [0, 0.05) is 20.0 Å². The molecular formula is C13H21N5OS. The minimum absolute atomic E-state index is 0.551. The van der Waals surface area contributed by atoms with Crippen LogP contribution in [0.15, 0.2) is 4.52 Å². The molecule has 2 rings (SSSR count). The summed E-state index contributed by atoms with van der Waals surface area (Å²) in [6.45, 7) is 9.30. The van der Waals surface area contributed by atoms with Crippen LogP contribution in [0.1, 0.15) is 25.4 Å². The summed E-state index contributed by atoms with van der Waals surface area (Å²) in [5, 5.41) is 8.14. The van der Waals surface area contributed by atoms with Crippen LogP contribution in [-0.2, 0) is 6.42 Å². The van der Waals surface area contributed by atoms with Crippen LogP contribution >= 0.6 is 11.5 Å². The third kappa shape index (κ3) is 3.16. The summed E-state index contributed by atoms with van der Waals surface area (Å²) >= 11 is 1.41. The van der Waals surface area contributed by atoms with Gasteiger partial charge in [0.05, 0.1) is 11.3 Å². The molecule has 20 heavy (non-hydrogen) atoms.